The molecule has 2 N–H and O–H groups in total. The van der Waals surface area contributed by atoms with Crippen LogP contribution in [0.5, 0.6) is 0 Å². The van der Waals surface area contributed by atoms with Crippen LogP contribution in [-0.2, 0) is 9.59 Å². The van der Waals surface area contributed by atoms with Gasteiger partial charge in [-0.2, -0.15) is 0 Å². The highest BCUT2D eigenvalue weighted by molar-refractivity contribution is 5.92. The molecule has 148 valence electrons. The van der Waals surface area contributed by atoms with Crippen LogP contribution in [0, 0.1) is 5.82 Å². The van der Waals surface area contributed by atoms with E-state index in [0.717, 1.165) is 58.9 Å². The molecule has 0 unspecified atom stereocenters. The van der Waals surface area contributed by atoms with E-state index in [1.165, 1.54) is 12.1 Å². The van der Waals surface area contributed by atoms with Crippen molar-refractivity contribution >= 4 is 17.5 Å². The molecular weight excluding hydrogens is 349 g/mol. The van der Waals surface area contributed by atoms with Gasteiger partial charge in [-0.25, -0.2) is 4.39 Å². The molecule has 0 radical (unpaired) electrons. The van der Waals surface area contributed by atoms with Crippen LogP contribution in [-0.4, -0.2) is 92.0 Å². The third-order valence-electron chi connectivity index (χ3n) is 5.07. The molecule has 0 aromatic heterocycles. The molecule has 1 aromatic rings. The molecule has 27 heavy (non-hydrogen) atoms. The molecule has 2 aliphatic heterocycles. The zero-order chi connectivity index (χ0) is 19.1. The molecule has 8 heteroatoms. The molecule has 2 amide bonds. The molecule has 0 aliphatic carbocycles. The molecule has 0 spiro atoms. The predicted octanol–water partition coefficient (Wildman–Crippen LogP) is 0.204. The van der Waals surface area contributed by atoms with Gasteiger partial charge in [0.1, 0.15) is 5.82 Å². The summed E-state index contributed by atoms with van der Waals surface area (Å²) in [5.41, 5.74) is 0.603. The number of nitrogens with zero attached hydrogens (tertiary/aromatic N) is 3. The molecule has 1 aromatic carbocycles. The maximum atomic E-state index is 12.9. The van der Waals surface area contributed by atoms with Gasteiger partial charge in [-0.05, 0) is 24.3 Å². The second-order valence-corrected chi connectivity index (χ2v) is 7.05. The number of benzene rings is 1. The lowest BCUT2D eigenvalue weighted by Crippen LogP contribution is -2.50. The van der Waals surface area contributed by atoms with E-state index < -0.39 is 0 Å². The smallest absolute Gasteiger partial charge is 0.238 e. The number of hydrogen-bond acceptors (Lipinski definition) is 5. The summed E-state index contributed by atoms with van der Waals surface area (Å²) in [6, 6.07) is 5.77. The summed E-state index contributed by atoms with van der Waals surface area (Å²) in [7, 11) is 0. The van der Waals surface area contributed by atoms with E-state index in [-0.39, 0.29) is 17.6 Å². The van der Waals surface area contributed by atoms with E-state index in [2.05, 4.69) is 20.4 Å². The van der Waals surface area contributed by atoms with Gasteiger partial charge in [-0.15, -0.1) is 0 Å². The van der Waals surface area contributed by atoms with E-state index in [1.54, 1.807) is 12.1 Å². The number of anilines is 1. The van der Waals surface area contributed by atoms with Crippen molar-refractivity contribution in [2.75, 3.05) is 70.8 Å². The summed E-state index contributed by atoms with van der Waals surface area (Å²) < 4.78 is 12.9. The van der Waals surface area contributed by atoms with Crippen molar-refractivity contribution in [3.05, 3.63) is 30.1 Å². The van der Waals surface area contributed by atoms with Crippen molar-refractivity contribution in [2.24, 2.45) is 0 Å². The van der Waals surface area contributed by atoms with Crippen LogP contribution in [0.25, 0.3) is 0 Å². The number of carbonyl (C=O) groups excluding carboxylic acids is 2. The van der Waals surface area contributed by atoms with Crippen LogP contribution < -0.4 is 10.6 Å². The second-order valence-electron chi connectivity index (χ2n) is 7.05. The summed E-state index contributed by atoms with van der Waals surface area (Å²) in [6.45, 7) is 7.79. The summed E-state index contributed by atoms with van der Waals surface area (Å²) in [4.78, 5) is 30.7. The number of nitrogens with one attached hydrogen (secondary N) is 2. The molecular formula is C19H28FN5O2. The first-order valence-corrected chi connectivity index (χ1v) is 9.59. The Hall–Kier alpha value is -2.03. The highest BCUT2D eigenvalue weighted by Crippen LogP contribution is 2.09. The molecule has 2 aliphatic rings. The van der Waals surface area contributed by atoms with Gasteiger partial charge in [-0.3, -0.25) is 14.5 Å². The fraction of sp³-hybridized carbons (Fsp3) is 0.579. The summed E-state index contributed by atoms with van der Waals surface area (Å²) in [5, 5.41) is 6.04. The second kappa shape index (κ2) is 9.77. The van der Waals surface area contributed by atoms with Crippen molar-refractivity contribution < 1.29 is 14.0 Å². The number of carbonyl (C=O) groups is 2. The molecule has 2 fully saturated rings. The van der Waals surface area contributed by atoms with Gasteiger partial charge in [0.25, 0.3) is 0 Å². The summed E-state index contributed by atoms with van der Waals surface area (Å²) in [5.74, 6) is -0.180. The lowest BCUT2D eigenvalue weighted by molar-refractivity contribution is -0.132. The van der Waals surface area contributed by atoms with E-state index >= 15 is 0 Å². The largest absolute Gasteiger partial charge is 0.340 e. The standard InChI is InChI=1S/C19H28FN5O2/c20-16-1-3-17(4-2-16)22-18(26)15-24-13-11-23(12-14-24)8-5-19(27)25-9-6-21-7-10-25/h1-4,21H,5-15H2,(H,22,26). The average Bonchev–Trinajstić information content (AvgIpc) is 2.69. The molecule has 0 saturated carbocycles. The van der Waals surface area contributed by atoms with Crippen LogP contribution in [0.3, 0.4) is 0 Å². The van der Waals surface area contributed by atoms with Gasteiger partial charge in [0.15, 0.2) is 0 Å². The minimum absolute atomic E-state index is 0.0936. The van der Waals surface area contributed by atoms with Gasteiger partial charge < -0.3 is 20.4 Å². The Bertz CT molecular complexity index is 625. The summed E-state index contributed by atoms with van der Waals surface area (Å²) >= 11 is 0. The van der Waals surface area contributed by atoms with Crippen molar-refractivity contribution in [1.82, 2.24) is 20.0 Å². The van der Waals surface area contributed by atoms with Gasteiger partial charge in [0.05, 0.1) is 6.54 Å². The Morgan fingerprint density at radius 2 is 1.59 bits per heavy atom. The Labute approximate surface area is 159 Å². The zero-order valence-corrected chi connectivity index (χ0v) is 15.6. The van der Waals surface area contributed by atoms with E-state index in [0.29, 0.717) is 18.7 Å². The first kappa shape index (κ1) is 19.7. The number of rotatable bonds is 6. The minimum Gasteiger partial charge on any atom is -0.340 e. The zero-order valence-electron chi connectivity index (χ0n) is 15.6. The highest BCUT2D eigenvalue weighted by Gasteiger charge is 2.21. The molecule has 7 nitrogen and oxygen atoms in total. The number of amides is 2. The van der Waals surface area contributed by atoms with Gasteiger partial charge in [0, 0.05) is 71.0 Å². The highest BCUT2D eigenvalue weighted by atomic mass is 19.1. The maximum Gasteiger partial charge on any atom is 0.238 e. The lowest BCUT2D eigenvalue weighted by Gasteiger charge is -2.34. The van der Waals surface area contributed by atoms with Gasteiger partial charge >= 0.3 is 0 Å². The Balaban J connectivity index is 1.33. The fourth-order valence-corrected chi connectivity index (χ4v) is 3.43. The van der Waals surface area contributed by atoms with Crippen molar-refractivity contribution in [3.8, 4) is 0 Å². The van der Waals surface area contributed by atoms with Crippen LogP contribution in [0.15, 0.2) is 24.3 Å². The molecule has 2 heterocycles. The SMILES string of the molecule is O=C(CN1CCN(CCC(=O)N2CCNCC2)CC1)Nc1ccc(F)cc1. The third kappa shape index (κ3) is 6.27. The topological polar surface area (TPSA) is 67.9 Å². The quantitative estimate of drug-likeness (QED) is 0.742. The van der Waals surface area contributed by atoms with E-state index in [4.69, 9.17) is 0 Å². The average molecular weight is 377 g/mol. The monoisotopic (exact) mass is 377 g/mol. The summed E-state index contributed by atoms with van der Waals surface area (Å²) in [6.07, 6.45) is 0.561. The van der Waals surface area contributed by atoms with Gasteiger partial charge in [-0.1, -0.05) is 0 Å². The molecule has 3 rings (SSSR count). The first-order chi connectivity index (χ1) is 13.1. The fourth-order valence-electron chi connectivity index (χ4n) is 3.43. The van der Waals surface area contributed by atoms with Crippen LogP contribution in [0.2, 0.25) is 0 Å². The minimum atomic E-state index is -0.320. The Kier molecular flexibility index (Phi) is 7.14. The van der Waals surface area contributed by atoms with Crippen molar-refractivity contribution in [3.63, 3.8) is 0 Å². The first-order valence-electron chi connectivity index (χ1n) is 9.59. The van der Waals surface area contributed by atoms with E-state index in [1.807, 2.05) is 4.90 Å². The maximum absolute atomic E-state index is 12.9. The third-order valence-corrected chi connectivity index (χ3v) is 5.07. The number of piperazine rings is 2. The molecule has 2 saturated heterocycles. The van der Waals surface area contributed by atoms with Crippen molar-refractivity contribution in [2.45, 2.75) is 6.42 Å². The molecule has 0 bridgehead atoms. The normalized spacial score (nSPS) is 19.1. The van der Waals surface area contributed by atoms with Crippen molar-refractivity contribution in [1.29, 1.82) is 0 Å². The number of halogens is 1. The van der Waals surface area contributed by atoms with E-state index in [9.17, 15) is 14.0 Å². The molecule has 0 atom stereocenters. The number of hydrogen-bond donors (Lipinski definition) is 2. The van der Waals surface area contributed by atoms with Crippen LogP contribution >= 0.6 is 0 Å². The predicted molar refractivity (Wildman–Crippen MR) is 102 cm³/mol. The van der Waals surface area contributed by atoms with Gasteiger partial charge in [0.2, 0.25) is 11.8 Å². The van der Waals surface area contributed by atoms with Crippen LogP contribution in [0.4, 0.5) is 10.1 Å². The lowest BCUT2D eigenvalue weighted by atomic mass is 10.2. The Morgan fingerprint density at radius 1 is 0.963 bits per heavy atom. The van der Waals surface area contributed by atoms with Crippen LogP contribution in [0.1, 0.15) is 6.42 Å². The Morgan fingerprint density at radius 3 is 2.26 bits per heavy atom.